The molecule has 5 nitrogen and oxygen atoms in total. The number of hydrogen-bond donors (Lipinski definition) is 0. The number of hydrogen-bond acceptors (Lipinski definition) is 4. The van der Waals surface area contributed by atoms with Crippen LogP contribution in [0.2, 0.25) is 10.0 Å². The van der Waals surface area contributed by atoms with Crippen molar-refractivity contribution in [2.75, 3.05) is 13.1 Å². The second-order valence-corrected chi connectivity index (χ2v) is 7.54. The number of nitrogens with zero attached hydrogens (tertiary/aromatic N) is 3. The number of halogens is 2. The van der Waals surface area contributed by atoms with E-state index in [1.807, 2.05) is 19.1 Å². The first kappa shape index (κ1) is 19.8. The van der Waals surface area contributed by atoms with Crippen molar-refractivity contribution in [1.82, 2.24) is 14.9 Å². The second-order valence-electron chi connectivity index (χ2n) is 6.73. The quantitative estimate of drug-likeness (QED) is 0.751. The van der Waals surface area contributed by atoms with Gasteiger partial charge in [0, 0.05) is 37.2 Å². The van der Waals surface area contributed by atoms with Gasteiger partial charge in [-0.3, -0.25) is 9.59 Å². The molecular weight excluding hydrogens is 385 g/mol. The maximum Gasteiger partial charge on any atom is 0.272 e. The van der Waals surface area contributed by atoms with E-state index in [1.54, 1.807) is 11.0 Å². The smallest absolute Gasteiger partial charge is 0.272 e. The number of Topliss-reactive ketones (excluding diaryl/α,β-unsaturated/α-hetero) is 1. The average Bonchev–Trinajstić information content (AvgIpc) is 2.66. The van der Waals surface area contributed by atoms with E-state index in [0.29, 0.717) is 41.7 Å². The molecule has 0 unspecified atom stereocenters. The van der Waals surface area contributed by atoms with E-state index in [2.05, 4.69) is 9.97 Å². The van der Waals surface area contributed by atoms with E-state index in [9.17, 15) is 9.59 Å². The summed E-state index contributed by atoms with van der Waals surface area (Å²) >= 11 is 12.0. The highest BCUT2D eigenvalue weighted by atomic mass is 35.5. The normalized spacial score (nSPS) is 14.5. The minimum Gasteiger partial charge on any atom is -0.336 e. The lowest BCUT2D eigenvalue weighted by Crippen LogP contribution is -2.39. The second kappa shape index (κ2) is 8.81. The van der Waals surface area contributed by atoms with Crippen molar-refractivity contribution in [1.29, 1.82) is 0 Å². The Balaban J connectivity index is 1.64. The van der Waals surface area contributed by atoms with Crippen LogP contribution < -0.4 is 0 Å². The van der Waals surface area contributed by atoms with E-state index in [1.165, 1.54) is 6.33 Å². The molecule has 27 heavy (non-hydrogen) atoms. The molecule has 0 radical (unpaired) electrons. The van der Waals surface area contributed by atoms with Crippen LogP contribution in [0.5, 0.6) is 0 Å². The molecule has 0 spiro atoms. The zero-order valence-corrected chi connectivity index (χ0v) is 16.7. The standard InChI is InChI=1S/C20H21Cl2N3O2/c1-13-18(4-2-3-14-5-6-16(21)17(22)11-14)23-12-24-19(13)20(27)25-9-7-15(26)8-10-25/h5-6,11-12H,2-4,7-10H2,1H3. The van der Waals surface area contributed by atoms with Crippen molar-refractivity contribution in [3.05, 3.63) is 57.1 Å². The number of carbonyl (C=O) groups is 2. The number of benzene rings is 1. The predicted molar refractivity (Wildman–Crippen MR) is 105 cm³/mol. The SMILES string of the molecule is Cc1c(CCCc2ccc(Cl)c(Cl)c2)ncnc1C(=O)N1CCC(=O)CC1. The van der Waals surface area contributed by atoms with Crippen LogP contribution in [0.4, 0.5) is 0 Å². The molecule has 3 rings (SSSR count). The highest BCUT2D eigenvalue weighted by Gasteiger charge is 2.24. The van der Waals surface area contributed by atoms with Crippen molar-refractivity contribution in [2.24, 2.45) is 0 Å². The minimum absolute atomic E-state index is 0.117. The van der Waals surface area contributed by atoms with E-state index >= 15 is 0 Å². The first-order valence-corrected chi connectivity index (χ1v) is 9.76. The van der Waals surface area contributed by atoms with Crippen LogP contribution in [-0.4, -0.2) is 39.6 Å². The molecule has 1 aromatic heterocycles. The Morgan fingerprint density at radius 1 is 1.11 bits per heavy atom. The van der Waals surface area contributed by atoms with Gasteiger partial charge in [0.05, 0.1) is 10.0 Å². The van der Waals surface area contributed by atoms with Gasteiger partial charge < -0.3 is 4.90 Å². The molecule has 2 heterocycles. The van der Waals surface area contributed by atoms with Crippen molar-refractivity contribution in [3.63, 3.8) is 0 Å². The molecule has 1 aromatic carbocycles. The Hall–Kier alpha value is -1.98. The van der Waals surface area contributed by atoms with E-state index in [-0.39, 0.29) is 11.7 Å². The number of piperidine rings is 1. The summed E-state index contributed by atoms with van der Waals surface area (Å²) in [7, 11) is 0. The molecule has 142 valence electrons. The number of carbonyl (C=O) groups excluding carboxylic acids is 2. The minimum atomic E-state index is -0.117. The molecular formula is C20H21Cl2N3O2. The molecule has 1 saturated heterocycles. The van der Waals surface area contributed by atoms with Gasteiger partial charge >= 0.3 is 0 Å². The number of ketones is 1. The van der Waals surface area contributed by atoms with Gasteiger partial charge in [-0.15, -0.1) is 0 Å². The third-order valence-electron chi connectivity index (χ3n) is 4.86. The lowest BCUT2D eigenvalue weighted by molar-refractivity contribution is -0.120. The zero-order valence-electron chi connectivity index (χ0n) is 15.2. The topological polar surface area (TPSA) is 63.2 Å². The van der Waals surface area contributed by atoms with Gasteiger partial charge in [0.25, 0.3) is 5.91 Å². The van der Waals surface area contributed by atoms with Gasteiger partial charge in [-0.05, 0) is 43.9 Å². The summed E-state index contributed by atoms with van der Waals surface area (Å²) in [6.45, 7) is 2.82. The van der Waals surface area contributed by atoms with Gasteiger partial charge in [0.1, 0.15) is 17.8 Å². The molecule has 0 aliphatic carbocycles. The zero-order chi connectivity index (χ0) is 19.4. The fraction of sp³-hybridized carbons (Fsp3) is 0.400. The molecule has 2 aromatic rings. The van der Waals surface area contributed by atoms with Gasteiger partial charge in [-0.1, -0.05) is 29.3 Å². The van der Waals surface area contributed by atoms with Gasteiger partial charge in [-0.25, -0.2) is 9.97 Å². The first-order valence-electron chi connectivity index (χ1n) is 9.01. The summed E-state index contributed by atoms with van der Waals surface area (Å²) in [5.41, 5.74) is 3.24. The summed E-state index contributed by atoms with van der Waals surface area (Å²) in [5.74, 6) is 0.0922. The largest absolute Gasteiger partial charge is 0.336 e. The monoisotopic (exact) mass is 405 g/mol. The summed E-state index contributed by atoms with van der Waals surface area (Å²) in [5, 5.41) is 1.11. The van der Waals surface area contributed by atoms with Crippen LogP contribution in [0, 0.1) is 6.92 Å². The van der Waals surface area contributed by atoms with Crippen LogP contribution >= 0.6 is 23.2 Å². The van der Waals surface area contributed by atoms with Crippen LogP contribution in [0.3, 0.4) is 0 Å². The lowest BCUT2D eigenvalue weighted by Gasteiger charge is -2.26. The molecule has 1 aliphatic heterocycles. The molecule has 1 aliphatic rings. The number of amides is 1. The van der Waals surface area contributed by atoms with Gasteiger partial charge in [0.2, 0.25) is 0 Å². The predicted octanol–water partition coefficient (Wildman–Crippen LogP) is 4.07. The van der Waals surface area contributed by atoms with Crippen molar-refractivity contribution < 1.29 is 9.59 Å². The summed E-state index contributed by atoms with van der Waals surface area (Å²) in [6, 6.07) is 5.65. The molecule has 7 heteroatoms. The third kappa shape index (κ3) is 4.85. The Morgan fingerprint density at radius 2 is 1.85 bits per heavy atom. The summed E-state index contributed by atoms with van der Waals surface area (Å²) < 4.78 is 0. The maximum absolute atomic E-state index is 12.7. The number of rotatable bonds is 5. The van der Waals surface area contributed by atoms with E-state index < -0.39 is 0 Å². The Labute approximate surface area is 168 Å². The average molecular weight is 406 g/mol. The molecule has 0 bridgehead atoms. The highest BCUT2D eigenvalue weighted by molar-refractivity contribution is 6.42. The maximum atomic E-state index is 12.7. The Kier molecular flexibility index (Phi) is 6.45. The number of aromatic nitrogens is 2. The van der Waals surface area contributed by atoms with Crippen LogP contribution in [0.25, 0.3) is 0 Å². The van der Waals surface area contributed by atoms with E-state index in [0.717, 1.165) is 36.1 Å². The van der Waals surface area contributed by atoms with Crippen molar-refractivity contribution in [2.45, 2.75) is 39.0 Å². The molecule has 1 amide bonds. The lowest BCUT2D eigenvalue weighted by atomic mass is 10.0. The van der Waals surface area contributed by atoms with Crippen LogP contribution in [0.1, 0.15) is 46.6 Å². The third-order valence-corrected chi connectivity index (χ3v) is 5.60. The molecule has 1 fully saturated rings. The fourth-order valence-electron chi connectivity index (χ4n) is 3.22. The fourth-order valence-corrected chi connectivity index (χ4v) is 3.54. The summed E-state index contributed by atoms with van der Waals surface area (Å²) in [4.78, 5) is 34.4. The molecule has 0 N–H and O–H groups in total. The van der Waals surface area contributed by atoms with Gasteiger partial charge in [-0.2, -0.15) is 0 Å². The van der Waals surface area contributed by atoms with Gasteiger partial charge in [0.15, 0.2) is 0 Å². The van der Waals surface area contributed by atoms with Crippen molar-refractivity contribution in [3.8, 4) is 0 Å². The van der Waals surface area contributed by atoms with E-state index in [4.69, 9.17) is 23.2 Å². The Morgan fingerprint density at radius 3 is 2.56 bits per heavy atom. The van der Waals surface area contributed by atoms with Crippen molar-refractivity contribution >= 4 is 34.9 Å². The van der Waals surface area contributed by atoms with Crippen LogP contribution in [-0.2, 0) is 17.6 Å². The molecule has 0 atom stereocenters. The number of likely N-dealkylation sites (tertiary alicyclic amines) is 1. The summed E-state index contributed by atoms with van der Waals surface area (Å²) in [6.07, 6.45) is 4.76. The first-order chi connectivity index (χ1) is 13.0. The highest BCUT2D eigenvalue weighted by Crippen LogP contribution is 2.23. The van der Waals surface area contributed by atoms with Crippen LogP contribution in [0.15, 0.2) is 24.5 Å². The Bertz CT molecular complexity index is 860. The number of aryl methyl sites for hydroxylation is 2. The molecule has 0 saturated carbocycles.